The molecular formula is C14H17NO2S. The Morgan fingerprint density at radius 1 is 1.61 bits per heavy atom. The summed E-state index contributed by atoms with van der Waals surface area (Å²) in [6.45, 7) is 2.77. The van der Waals surface area contributed by atoms with Crippen molar-refractivity contribution in [2.45, 2.75) is 32.2 Å². The first-order chi connectivity index (χ1) is 8.76. The second-order valence-electron chi connectivity index (χ2n) is 4.39. The maximum atomic E-state index is 12.3. The number of aliphatic hydroxyl groups excluding tert-OH is 1. The SMILES string of the molecule is CCCN(C(=O)c1csc(C#CCO)c1)C1CC1. The molecule has 1 aromatic rings. The highest BCUT2D eigenvalue weighted by molar-refractivity contribution is 7.10. The van der Waals surface area contributed by atoms with Crippen LogP contribution >= 0.6 is 11.3 Å². The Kier molecular flexibility index (Phi) is 4.40. The largest absolute Gasteiger partial charge is 0.384 e. The molecular weight excluding hydrogens is 246 g/mol. The third-order valence-corrected chi connectivity index (χ3v) is 3.70. The molecule has 3 nitrogen and oxygen atoms in total. The van der Waals surface area contributed by atoms with Gasteiger partial charge in [0.05, 0.1) is 10.4 Å². The van der Waals surface area contributed by atoms with Crippen LogP contribution in [0.2, 0.25) is 0 Å². The van der Waals surface area contributed by atoms with Crippen LogP contribution in [0.5, 0.6) is 0 Å². The smallest absolute Gasteiger partial charge is 0.254 e. The van der Waals surface area contributed by atoms with Crippen molar-refractivity contribution >= 4 is 17.2 Å². The van der Waals surface area contributed by atoms with Crippen LogP contribution in [0, 0.1) is 11.8 Å². The minimum atomic E-state index is -0.148. The zero-order valence-electron chi connectivity index (χ0n) is 10.5. The zero-order valence-corrected chi connectivity index (χ0v) is 11.3. The molecule has 1 saturated carbocycles. The maximum absolute atomic E-state index is 12.3. The Morgan fingerprint density at radius 2 is 2.39 bits per heavy atom. The van der Waals surface area contributed by atoms with Crippen LogP contribution in [0.3, 0.4) is 0 Å². The topological polar surface area (TPSA) is 40.5 Å². The summed E-state index contributed by atoms with van der Waals surface area (Å²) in [5, 5.41) is 10.5. The van der Waals surface area contributed by atoms with Crippen LogP contribution in [0.4, 0.5) is 0 Å². The van der Waals surface area contributed by atoms with E-state index in [9.17, 15) is 4.79 Å². The molecule has 0 aliphatic heterocycles. The highest BCUT2D eigenvalue weighted by atomic mass is 32.1. The molecule has 0 unspecified atom stereocenters. The molecule has 4 heteroatoms. The van der Waals surface area contributed by atoms with E-state index < -0.39 is 0 Å². The Morgan fingerprint density at radius 3 is 3.00 bits per heavy atom. The lowest BCUT2D eigenvalue weighted by Gasteiger charge is -2.20. The van der Waals surface area contributed by atoms with Crippen molar-refractivity contribution in [3.05, 3.63) is 21.9 Å². The molecule has 1 heterocycles. The van der Waals surface area contributed by atoms with E-state index in [1.54, 1.807) is 0 Å². The molecule has 0 spiro atoms. The minimum absolute atomic E-state index is 0.118. The van der Waals surface area contributed by atoms with Crippen molar-refractivity contribution in [2.24, 2.45) is 0 Å². The summed E-state index contributed by atoms with van der Waals surface area (Å²) >= 11 is 1.45. The lowest BCUT2D eigenvalue weighted by atomic mass is 10.2. The predicted molar refractivity (Wildman–Crippen MR) is 72.6 cm³/mol. The number of rotatable bonds is 4. The van der Waals surface area contributed by atoms with Crippen molar-refractivity contribution < 1.29 is 9.90 Å². The van der Waals surface area contributed by atoms with Crippen LogP contribution in [0.25, 0.3) is 0 Å². The molecule has 1 aromatic heterocycles. The summed E-state index contributed by atoms with van der Waals surface area (Å²) in [5.41, 5.74) is 0.725. The highest BCUT2D eigenvalue weighted by Gasteiger charge is 2.32. The van der Waals surface area contributed by atoms with Gasteiger partial charge in [0.2, 0.25) is 0 Å². The molecule has 1 aliphatic rings. The average Bonchev–Trinajstić information content (AvgIpc) is 3.11. The van der Waals surface area contributed by atoms with Crippen molar-refractivity contribution in [3.8, 4) is 11.8 Å². The number of nitrogens with zero attached hydrogens (tertiary/aromatic N) is 1. The summed E-state index contributed by atoms with van der Waals surface area (Å²) in [4.78, 5) is 15.1. The minimum Gasteiger partial charge on any atom is -0.384 e. The first-order valence-corrected chi connectivity index (χ1v) is 7.13. The first-order valence-electron chi connectivity index (χ1n) is 6.25. The van der Waals surface area contributed by atoms with Crippen LogP contribution in [0.15, 0.2) is 11.4 Å². The average molecular weight is 263 g/mol. The van der Waals surface area contributed by atoms with Crippen LogP contribution in [-0.4, -0.2) is 35.1 Å². The predicted octanol–water partition coefficient (Wildman–Crippen LogP) is 2.11. The number of thiophene rings is 1. The lowest BCUT2D eigenvalue weighted by Crippen LogP contribution is -2.33. The van der Waals surface area contributed by atoms with Crippen molar-refractivity contribution in [1.82, 2.24) is 4.90 Å². The van der Waals surface area contributed by atoms with Crippen molar-refractivity contribution in [1.29, 1.82) is 0 Å². The number of hydrogen-bond donors (Lipinski definition) is 1. The van der Waals surface area contributed by atoms with Gasteiger partial charge in [-0.05, 0) is 25.3 Å². The molecule has 1 amide bonds. The van der Waals surface area contributed by atoms with Crippen LogP contribution < -0.4 is 0 Å². The summed E-state index contributed by atoms with van der Waals surface area (Å²) < 4.78 is 0. The normalized spacial score (nSPS) is 13.9. The van der Waals surface area contributed by atoms with E-state index in [0.717, 1.165) is 36.2 Å². The summed E-state index contributed by atoms with van der Waals surface area (Å²) in [6, 6.07) is 2.27. The van der Waals surface area contributed by atoms with Gasteiger partial charge in [-0.15, -0.1) is 11.3 Å². The standard InChI is InChI=1S/C14H17NO2S/c1-2-7-15(12-5-6-12)14(17)11-9-13(18-10-11)4-3-8-16/h9-10,12,16H,2,5-8H2,1H3. The highest BCUT2D eigenvalue weighted by Crippen LogP contribution is 2.29. The Hall–Kier alpha value is -1.31. The van der Waals surface area contributed by atoms with Crippen molar-refractivity contribution in [3.63, 3.8) is 0 Å². The summed E-state index contributed by atoms with van der Waals surface area (Å²) in [6.07, 6.45) is 3.25. The van der Waals surface area contributed by atoms with Gasteiger partial charge in [0.25, 0.3) is 5.91 Å². The zero-order chi connectivity index (χ0) is 13.0. The van der Waals surface area contributed by atoms with E-state index >= 15 is 0 Å². The Labute approximate surface area is 111 Å². The molecule has 0 saturated heterocycles. The fourth-order valence-electron chi connectivity index (χ4n) is 1.88. The molecule has 18 heavy (non-hydrogen) atoms. The fourth-order valence-corrected chi connectivity index (χ4v) is 2.63. The Bertz CT molecular complexity index is 479. The van der Waals surface area contributed by atoms with Gasteiger partial charge in [0.1, 0.15) is 6.61 Å². The fraction of sp³-hybridized carbons (Fsp3) is 0.500. The molecule has 1 N–H and O–H groups in total. The molecule has 0 radical (unpaired) electrons. The number of hydrogen-bond acceptors (Lipinski definition) is 3. The lowest BCUT2D eigenvalue weighted by molar-refractivity contribution is 0.0743. The molecule has 0 atom stereocenters. The monoisotopic (exact) mass is 263 g/mol. The van der Waals surface area contributed by atoms with Gasteiger partial charge >= 0.3 is 0 Å². The van der Waals surface area contributed by atoms with Gasteiger partial charge in [-0.2, -0.15) is 0 Å². The summed E-state index contributed by atoms with van der Waals surface area (Å²) in [7, 11) is 0. The second kappa shape index (κ2) is 6.03. The number of carbonyl (C=O) groups is 1. The third-order valence-electron chi connectivity index (χ3n) is 2.85. The summed E-state index contributed by atoms with van der Waals surface area (Å²) in [5.74, 6) is 5.55. The van der Waals surface area contributed by atoms with Crippen molar-refractivity contribution in [2.75, 3.05) is 13.2 Å². The molecule has 0 bridgehead atoms. The van der Waals surface area contributed by atoms with Gasteiger partial charge in [-0.25, -0.2) is 0 Å². The molecule has 0 aromatic carbocycles. The van der Waals surface area contributed by atoms with Gasteiger partial charge in [-0.3, -0.25) is 4.79 Å². The van der Waals surface area contributed by atoms with Gasteiger partial charge in [0.15, 0.2) is 0 Å². The van der Waals surface area contributed by atoms with Crippen LogP contribution in [-0.2, 0) is 0 Å². The van der Waals surface area contributed by atoms with Crippen LogP contribution in [0.1, 0.15) is 41.4 Å². The van der Waals surface area contributed by atoms with E-state index in [-0.39, 0.29) is 12.5 Å². The van der Waals surface area contributed by atoms with E-state index in [2.05, 4.69) is 18.8 Å². The molecule has 1 aliphatic carbocycles. The first kappa shape index (κ1) is 13.1. The van der Waals surface area contributed by atoms with E-state index in [4.69, 9.17) is 5.11 Å². The second-order valence-corrected chi connectivity index (χ2v) is 5.30. The third kappa shape index (κ3) is 3.12. The molecule has 2 rings (SSSR count). The number of aliphatic hydroxyl groups is 1. The van der Waals surface area contributed by atoms with Gasteiger partial charge in [-0.1, -0.05) is 18.8 Å². The van der Waals surface area contributed by atoms with Gasteiger partial charge < -0.3 is 10.0 Å². The van der Waals surface area contributed by atoms with E-state index in [0.29, 0.717) is 6.04 Å². The van der Waals surface area contributed by atoms with E-state index in [1.165, 1.54) is 11.3 Å². The molecule has 96 valence electrons. The van der Waals surface area contributed by atoms with E-state index in [1.807, 2.05) is 16.3 Å². The number of carbonyl (C=O) groups excluding carboxylic acids is 1. The van der Waals surface area contributed by atoms with Gasteiger partial charge in [0, 0.05) is 18.0 Å². The molecule has 1 fully saturated rings. The maximum Gasteiger partial charge on any atom is 0.254 e. The Balaban J connectivity index is 2.09. The quantitative estimate of drug-likeness (QED) is 0.845. The number of amides is 1.